The Morgan fingerprint density at radius 1 is 1.10 bits per heavy atom. The molecule has 0 aliphatic rings. The summed E-state index contributed by atoms with van der Waals surface area (Å²) in [5, 5.41) is 0. The van der Waals surface area contributed by atoms with E-state index in [-0.39, 0.29) is 0 Å². The molecule has 3 aromatic rings. The van der Waals surface area contributed by atoms with Crippen molar-refractivity contribution in [3.8, 4) is 5.69 Å². The van der Waals surface area contributed by atoms with E-state index < -0.39 is 0 Å². The third-order valence-electron chi connectivity index (χ3n) is 3.57. The van der Waals surface area contributed by atoms with Crippen molar-refractivity contribution >= 4 is 17.0 Å². The summed E-state index contributed by atoms with van der Waals surface area (Å²) >= 11 is 0. The molecule has 0 spiro atoms. The number of hydrogen-bond donors (Lipinski definition) is 1. The maximum atomic E-state index is 6.08. The second-order valence-corrected chi connectivity index (χ2v) is 5.21. The number of benzene rings is 2. The van der Waals surface area contributed by atoms with Gasteiger partial charge in [-0.15, -0.1) is 0 Å². The van der Waals surface area contributed by atoms with Crippen LogP contribution in [-0.2, 0) is 6.42 Å². The zero-order valence-corrected chi connectivity index (χ0v) is 11.9. The first-order valence-electron chi connectivity index (χ1n) is 7.03. The molecule has 0 atom stereocenters. The van der Waals surface area contributed by atoms with E-state index in [1.54, 1.807) is 0 Å². The van der Waals surface area contributed by atoms with Crippen molar-refractivity contribution in [1.82, 2.24) is 9.55 Å². The number of fused-ring (bicyclic) bond motifs is 1. The largest absolute Gasteiger partial charge is 0.369 e. The van der Waals surface area contributed by atoms with Crippen LogP contribution in [0.3, 0.4) is 0 Å². The molecule has 1 aromatic heterocycles. The Balaban J connectivity index is 2.13. The topological polar surface area (TPSA) is 43.8 Å². The standard InChI is InChI=1S/C17H19N3/c1-3-4-13-6-8-14(9-7-13)20-16-11-12(2)5-10-15(16)19-17(20)18/h5-11H,3-4H2,1-2H3,(H2,18,19). The van der Waals surface area contributed by atoms with Crippen LogP contribution in [0.25, 0.3) is 16.7 Å². The molecule has 1 heterocycles. The van der Waals surface area contributed by atoms with Crippen molar-refractivity contribution in [3.05, 3.63) is 53.6 Å². The molecule has 3 rings (SSSR count). The molecule has 0 saturated carbocycles. The Morgan fingerprint density at radius 3 is 2.55 bits per heavy atom. The van der Waals surface area contributed by atoms with Crippen LogP contribution in [0.2, 0.25) is 0 Å². The molecule has 0 amide bonds. The van der Waals surface area contributed by atoms with E-state index in [9.17, 15) is 0 Å². The minimum atomic E-state index is 0.536. The summed E-state index contributed by atoms with van der Waals surface area (Å²) in [5.74, 6) is 0.536. The molecule has 2 aromatic carbocycles. The summed E-state index contributed by atoms with van der Waals surface area (Å²) in [5.41, 5.74) is 11.7. The van der Waals surface area contributed by atoms with Crippen LogP contribution in [0.4, 0.5) is 5.95 Å². The van der Waals surface area contributed by atoms with Gasteiger partial charge in [0.25, 0.3) is 0 Å². The van der Waals surface area contributed by atoms with Crippen molar-refractivity contribution in [2.45, 2.75) is 26.7 Å². The second kappa shape index (κ2) is 5.00. The SMILES string of the molecule is CCCc1ccc(-n2c(N)nc3ccc(C)cc32)cc1. The van der Waals surface area contributed by atoms with Crippen molar-refractivity contribution in [2.75, 3.05) is 5.73 Å². The van der Waals surface area contributed by atoms with Gasteiger partial charge in [-0.2, -0.15) is 0 Å². The van der Waals surface area contributed by atoms with Crippen LogP contribution in [0.15, 0.2) is 42.5 Å². The lowest BCUT2D eigenvalue weighted by atomic mass is 10.1. The lowest BCUT2D eigenvalue weighted by Crippen LogP contribution is -2.00. The molecule has 0 fully saturated rings. The molecule has 102 valence electrons. The first-order valence-corrected chi connectivity index (χ1v) is 7.03. The third kappa shape index (κ3) is 2.16. The fraction of sp³-hybridized carbons (Fsp3) is 0.235. The highest BCUT2D eigenvalue weighted by Gasteiger charge is 2.09. The molecular formula is C17H19N3. The van der Waals surface area contributed by atoms with Crippen LogP contribution >= 0.6 is 0 Å². The summed E-state index contributed by atoms with van der Waals surface area (Å²) in [7, 11) is 0. The average molecular weight is 265 g/mol. The fourth-order valence-electron chi connectivity index (χ4n) is 2.58. The van der Waals surface area contributed by atoms with E-state index in [1.165, 1.54) is 11.1 Å². The van der Waals surface area contributed by atoms with Gasteiger partial charge in [-0.05, 0) is 48.7 Å². The van der Waals surface area contributed by atoms with Gasteiger partial charge in [0.1, 0.15) is 0 Å². The Kier molecular flexibility index (Phi) is 3.18. The highest BCUT2D eigenvalue weighted by Crippen LogP contribution is 2.24. The maximum Gasteiger partial charge on any atom is 0.205 e. The van der Waals surface area contributed by atoms with E-state index >= 15 is 0 Å². The first-order chi connectivity index (χ1) is 9.69. The Hall–Kier alpha value is -2.29. The zero-order valence-electron chi connectivity index (χ0n) is 11.9. The smallest absolute Gasteiger partial charge is 0.205 e. The van der Waals surface area contributed by atoms with Gasteiger partial charge >= 0.3 is 0 Å². The van der Waals surface area contributed by atoms with E-state index in [0.717, 1.165) is 29.6 Å². The second-order valence-electron chi connectivity index (χ2n) is 5.21. The molecular weight excluding hydrogens is 246 g/mol. The molecule has 0 bridgehead atoms. The van der Waals surface area contributed by atoms with Crippen LogP contribution < -0.4 is 5.73 Å². The van der Waals surface area contributed by atoms with Gasteiger partial charge in [0.05, 0.1) is 11.0 Å². The molecule has 0 radical (unpaired) electrons. The number of hydrogen-bond acceptors (Lipinski definition) is 2. The monoisotopic (exact) mass is 265 g/mol. The van der Waals surface area contributed by atoms with E-state index in [4.69, 9.17) is 5.73 Å². The minimum Gasteiger partial charge on any atom is -0.369 e. The van der Waals surface area contributed by atoms with Gasteiger partial charge in [-0.3, -0.25) is 4.57 Å². The summed E-state index contributed by atoms with van der Waals surface area (Å²) < 4.78 is 2.01. The van der Waals surface area contributed by atoms with E-state index in [1.807, 2.05) is 10.6 Å². The number of rotatable bonds is 3. The van der Waals surface area contributed by atoms with E-state index in [2.05, 4.69) is 55.2 Å². The molecule has 0 saturated heterocycles. The van der Waals surface area contributed by atoms with Gasteiger partial charge in [-0.25, -0.2) is 4.98 Å². The van der Waals surface area contributed by atoms with E-state index in [0.29, 0.717) is 5.95 Å². The van der Waals surface area contributed by atoms with Crippen molar-refractivity contribution < 1.29 is 0 Å². The predicted molar refractivity (Wildman–Crippen MR) is 84.2 cm³/mol. The van der Waals surface area contributed by atoms with Gasteiger partial charge in [0, 0.05) is 5.69 Å². The molecule has 3 heteroatoms. The first kappa shape index (κ1) is 12.7. The molecule has 2 N–H and O–H groups in total. The molecule has 0 unspecified atom stereocenters. The number of aromatic nitrogens is 2. The zero-order chi connectivity index (χ0) is 14.1. The summed E-state index contributed by atoms with van der Waals surface area (Å²) in [6.45, 7) is 4.27. The third-order valence-corrected chi connectivity index (χ3v) is 3.57. The molecule has 0 aliphatic heterocycles. The van der Waals surface area contributed by atoms with Gasteiger partial charge in [-0.1, -0.05) is 31.5 Å². The normalized spacial score (nSPS) is 11.1. The lowest BCUT2D eigenvalue weighted by molar-refractivity contribution is 0.920. The highest BCUT2D eigenvalue weighted by molar-refractivity contribution is 5.81. The number of aryl methyl sites for hydroxylation is 2. The Bertz CT molecular complexity index is 739. The number of nitrogens with two attached hydrogens (primary N) is 1. The summed E-state index contributed by atoms with van der Waals surface area (Å²) in [6.07, 6.45) is 2.27. The molecule has 3 nitrogen and oxygen atoms in total. The lowest BCUT2D eigenvalue weighted by Gasteiger charge is -2.08. The van der Waals surface area contributed by atoms with Crippen LogP contribution in [-0.4, -0.2) is 9.55 Å². The fourth-order valence-corrected chi connectivity index (χ4v) is 2.58. The van der Waals surface area contributed by atoms with Crippen LogP contribution in [0, 0.1) is 6.92 Å². The van der Waals surface area contributed by atoms with Crippen molar-refractivity contribution in [1.29, 1.82) is 0 Å². The maximum absolute atomic E-state index is 6.08. The number of nitrogens with zero attached hydrogens (tertiary/aromatic N) is 2. The Morgan fingerprint density at radius 2 is 1.85 bits per heavy atom. The molecule has 20 heavy (non-hydrogen) atoms. The number of nitrogen functional groups attached to an aromatic ring is 1. The number of imidazole rings is 1. The van der Waals surface area contributed by atoms with Crippen molar-refractivity contribution in [2.24, 2.45) is 0 Å². The average Bonchev–Trinajstić information content (AvgIpc) is 2.76. The quantitative estimate of drug-likeness (QED) is 0.781. The van der Waals surface area contributed by atoms with Gasteiger partial charge in [0.15, 0.2) is 0 Å². The van der Waals surface area contributed by atoms with Crippen LogP contribution in [0.1, 0.15) is 24.5 Å². The number of anilines is 1. The Labute approximate surface area is 119 Å². The predicted octanol–water partition coefficient (Wildman–Crippen LogP) is 3.87. The van der Waals surface area contributed by atoms with Crippen LogP contribution in [0.5, 0.6) is 0 Å². The van der Waals surface area contributed by atoms with Gasteiger partial charge in [0.2, 0.25) is 5.95 Å². The minimum absolute atomic E-state index is 0.536. The summed E-state index contributed by atoms with van der Waals surface area (Å²) in [6, 6.07) is 14.8. The van der Waals surface area contributed by atoms with Gasteiger partial charge < -0.3 is 5.73 Å². The van der Waals surface area contributed by atoms with Crippen molar-refractivity contribution in [3.63, 3.8) is 0 Å². The molecule has 0 aliphatic carbocycles. The summed E-state index contributed by atoms with van der Waals surface area (Å²) in [4.78, 5) is 4.43. The highest BCUT2D eigenvalue weighted by atomic mass is 15.2.